The Balaban J connectivity index is 1.47. The number of hydrogen-bond donors (Lipinski definition) is 2. The Morgan fingerprint density at radius 3 is 2.31 bits per heavy atom. The van der Waals surface area contributed by atoms with Crippen LogP contribution in [0.4, 0.5) is 13.2 Å². The SMILES string of the molecule is CC[C@@H]1CN(C2CCC(C(F)(F)F)CC2)Cc2cc(C(=O)N[C@@H](CO)c3ccc(S(=O)(=O)CC)cc3)ccc21. The summed E-state index contributed by atoms with van der Waals surface area (Å²) in [4.78, 5) is 15.6. The van der Waals surface area contributed by atoms with E-state index in [9.17, 15) is 31.5 Å². The zero-order valence-electron chi connectivity index (χ0n) is 22.4. The van der Waals surface area contributed by atoms with Crippen LogP contribution in [0.2, 0.25) is 0 Å². The first-order chi connectivity index (χ1) is 18.5. The fourth-order valence-electron chi connectivity index (χ4n) is 5.89. The number of aliphatic hydroxyl groups excluding tert-OH is 1. The minimum atomic E-state index is -4.13. The Bertz CT molecular complexity index is 1260. The number of fused-ring (bicyclic) bond motifs is 1. The summed E-state index contributed by atoms with van der Waals surface area (Å²) in [5.74, 6) is -1.35. The molecule has 2 aromatic rings. The van der Waals surface area contributed by atoms with Crippen LogP contribution in [-0.2, 0) is 16.4 Å². The first kappa shape index (κ1) is 29.6. The molecule has 2 N–H and O–H groups in total. The first-order valence-electron chi connectivity index (χ1n) is 13.6. The largest absolute Gasteiger partial charge is 0.394 e. The number of nitrogens with zero attached hydrogens (tertiary/aromatic N) is 1. The van der Waals surface area contributed by atoms with E-state index < -0.39 is 28.0 Å². The number of halogens is 3. The molecule has 2 atom stereocenters. The number of sulfone groups is 1. The molecule has 0 saturated heterocycles. The van der Waals surface area contributed by atoms with Crippen LogP contribution in [0, 0.1) is 5.92 Å². The van der Waals surface area contributed by atoms with Gasteiger partial charge in [-0.2, -0.15) is 13.2 Å². The summed E-state index contributed by atoms with van der Waals surface area (Å²) in [5, 5.41) is 12.8. The maximum absolute atomic E-state index is 13.2. The predicted octanol–water partition coefficient (Wildman–Crippen LogP) is 5.37. The fraction of sp³-hybridized carbons (Fsp3) is 0.552. The fourth-order valence-corrected chi connectivity index (χ4v) is 6.78. The van der Waals surface area contributed by atoms with Crippen molar-refractivity contribution in [3.63, 3.8) is 0 Å². The summed E-state index contributed by atoms with van der Waals surface area (Å²) >= 11 is 0. The molecule has 0 bridgehead atoms. The molecule has 0 aromatic heterocycles. The Labute approximate surface area is 228 Å². The van der Waals surface area contributed by atoms with Crippen LogP contribution in [-0.4, -0.2) is 55.5 Å². The molecule has 1 fully saturated rings. The van der Waals surface area contributed by atoms with Gasteiger partial charge >= 0.3 is 6.18 Å². The van der Waals surface area contributed by atoms with E-state index >= 15 is 0 Å². The molecule has 1 saturated carbocycles. The number of rotatable bonds is 8. The van der Waals surface area contributed by atoms with E-state index in [1.54, 1.807) is 25.1 Å². The maximum Gasteiger partial charge on any atom is 0.391 e. The number of benzene rings is 2. The van der Waals surface area contributed by atoms with Crippen LogP contribution in [0.3, 0.4) is 0 Å². The third kappa shape index (κ3) is 6.66. The number of alkyl halides is 3. The van der Waals surface area contributed by atoms with Crippen LogP contribution >= 0.6 is 0 Å². The van der Waals surface area contributed by atoms with Gasteiger partial charge in [0.15, 0.2) is 9.84 Å². The lowest BCUT2D eigenvalue weighted by atomic mass is 9.81. The van der Waals surface area contributed by atoms with Gasteiger partial charge in [0.2, 0.25) is 0 Å². The molecule has 1 aliphatic carbocycles. The van der Waals surface area contributed by atoms with Gasteiger partial charge in [0.25, 0.3) is 5.91 Å². The lowest BCUT2D eigenvalue weighted by molar-refractivity contribution is -0.184. The molecule has 0 spiro atoms. The average Bonchev–Trinajstić information content (AvgIpc) is 2.94. The summed E-state index contributed by atoms with van der Waals surface area (Å²) in [6, 6.07) is 11.1. The van der Waals surface area contributed by atoms with Gasteiger partial charge in [0.05, 0.1) is 29.2 Å². The summed E-state index contributed by atoms with van der Waals surface area (Å²) in [6.45, 7) is 4.70. The molecule has 214 valence electrons. The van der Waals surface area contributed by atoms with Crippen molar-refractivity contribution in [2.45, 2.75) is 81.6 Å². The monoisotopic (exact) mass is 566 g/mol. The van der Waals surface area contributed by atoms with Crippen molar-refractivity contribution >= 4 is 15.7 Å². The van der Waals surface area contributed by atoms with Gasteiger partial charge in [-0.1, -0.05) is 32.0 Å². The predicted molar refractivity (Wildman–Crippen MR) is 143 cm³/mol. The Morgan fingerprint density at radius 1 is 1.08 bits per heavy atom. The minimum Gasteiger partial charge on any atom is -0.394 e. The first-order valence-corrected chi connectivity index (χ1v) is 15.3. The van der Waals surface area contributed by atoms with Gasteiger partial charge in [-0.15, -0.1) is 0 Å². The Kier molecular flexibility index (Phi) is 9.08. The quantitative estimate of drug-likeness (QED) is 0.449. The molecule has 10 heteroatoms. The number of aliphatic hydroxyl groups is 1. The second-order valence-electron chi connectivity index (χ2n) is 10.7. The van der Waals surface area contributed by atoms with Crippen LogP contribution in [0.15, 0.2) is 47.4 Å². The minimum absolute atomic E-state index is 0.0179. The van der Waals surface area contributed by atoms with E-state index in [0.29, 0.717) is 30.5 Å². The number of carbonyl (C=O) groups is 1. The molecule has 4 rings (SSSR count). The van der Waals surface area contributed by atoms with Crippen LogP contribution in [0.1, 0.15) is 85.0 Å². The van der Waals surface area contributed by atoms with Crippen molar-refractivity contribution in [2.75, 3.05) is 18.9 Å². The third-order valence-electron chi connectivity index (χ3n) is 8.35. The second-order valence-corrected chi connectivity index (χ2v) is 13.0. The zero-order chi connectivity index (χ0) is 28.4. The van der Waals surface area contributed by atoms with Crippen molar-refractivity contribution in [3.8, 4) is 0 Å². The lowest BCUT2D eigenvalue weighted by Crippen LogP contribution is -2.44. The molecule has 0 unspecified atom stereocenters. The van der Waals surface area contributed by atoms with Crippen molar-refractivity contribution in [1.82, 2.24) is 10.2 Å². The highest BCUT2D eigenvalue weighted by molar-refractivity contribution is 7.91. The van der Waals surface area contributed by atoms with Crippen molar-refractivity contribution in [2.24, 2.45) is 5.92 Å². The van der Waals surface area contributed by atoms with E-state index in [1.165, 1.54) is 17.7 Å². The zero-order valence-corrected chi connectivity index (χ0v) is 23.2. The van der Waals surface area contributed by atoms with Crippen molar-refractivity contribution in [3.05, 3.63) is 64.7 Å². The normalized spacial score (nSPS) is 23.2. The number of amides is 1. The van der Waals surface area contributed by atoms with Gasteiger partial charge in [-0.25, -0.2) is 8.42 Å². The van der Waals surface area contributed by atoms with Crippen molar-refractivity contribution in [1.29, 1.82) is 0 Å². The Hall–Kier alpha value is -2.43. The number of carbonyl (C=O) groups excluding carboxylic acids is 1. The van der Waals surface area contributed by atoms with Gasteiger partial charge in [0.1, 0.15) is 0 Å². The topological polar surface area (TPSA) is 86.7 Å². The average molecular weight is 567 g/mol. The summed E-state index contributed by atoms with van der Waals surface area (Å²) in [6.07, 6.45) is -1.88. The maximum atomic E-state index is 13.2. The standard InChI is InChI=1S/C29H37F3N2O4S/c1-3-19-16-34(24-10-8-23(9-11-24)29(30,31)32)17-22-15-21(7-14-26(19)22)28(36)33-27(18-35)20-5-12-25(13-6-20)39(37,38)4-2/h5-7,12-15,19,23-24,27,35H,3-4,8-11,16-18H2,1-2H3,(H,33,36)/t19-,23?,24?,27+/m1/s1. The molecule has 6 nitrogen and oxygen atoms in total. The highest BCUT2D eigenvalue weighted by Crippen LogP contribution is 2.41. The van der Waals surface area contributed by atoms with Crippen LogP contribution in [0.25, 0.3) is 0 Å². The van der Waals surface area contributed by atoms with Crippen molar-refractivity contribution < 1.29 is 31.5 Å². The van der Waals surface area contributed by atoms with Crippen LogP contribution in [0.5, 0.6) is 0 Å². The van der Waals surface area contributed by atoms with E-state index in [2.05, 4.69) is 17.1 Å². The highest BCUT2D eigenvalue weighted by Gasteiger charge is 2.42. The molecule has 39 heavy (non-hydrogen) atoms. The molecular weight excluding hydrogens is 529 g/mol. The lowest BCUT2D eigenvalue weighted by Gasteiger charge is -2.42. The van der Waals surface area contributed by atoms with Gasteiger partial charge in [-0.3, -0.25) is 9.69 Å². The molecular formula is C29H37F3N2O4S. The van der Waals surface area contributed by atoms with Gasteiger partial charge in [-0.05, 0) is 79.0 Å². The molecule has 2 aliphatic rings. The molecule has 1 aliphatic heterocycles. The summed E-state index contributed by atoms with van der Waals surface area (Å²) < 4.78 is 63.6. The number of hydrogen-bond acceptors (Lipinski definition) is 5. The molecule has 1 amide bonds. The molecule has 1 heterocycles. The highest BCUT2D eigenvalue weighted by atomic mass is 32.2. The van der Waals surface area contributed by atoms with E-state index in [1.807, 2.05) is 12.1 Å². The molecule has 0 radical (unpaired) electrons. The van der Waals surface area contributed by atoms with E-state index in [-0.39, 0.29) is 48.0 Å². The van der Waals surface area contributed by atoms with Gasteiger partial charge < -0.3 is 10.4 Å². The van der Waals surface area contributed by atoms with E-state index in [0.717, 1.165) is 18.5 Å². The third-order valence-corrected chi connectivity index (χ3v) is 10.1. The van der Waals surface area contributed by atoms with E-state index in [4.69, 9.17) is 0 Å². The van der Waals surface area contributed by atoms with Gasteiger partial charge in [0, 0.05) is 24.7 Å². The van der Waals surface area contributed by atoms with Crippen LogP contribution < -0.4 is 5.32 Å². The summed E-state index contributed by atoms with van der Waals surface area (Å²) in [5.41, 5.74) is 3.20. The Morgan fingerprint density at radius 2 is 1.74 bits per heavy atom. The molecule has 2 aromatic carbocycles. The second kappa shape index (κ2) is 12.0. The number of nitrogens with one attached hydrogen (secondary N) is 1. The summed E-state index contributed by atoms with van der Waals surface area (Å²) in [7, 11) is -3.36. The smallest absolute Gasteiger partial charge is 0.391 e.